The molecule has 2 aliphatic heterocycles. The third kappa shape index (κ3) is 3.20. The lowest BCUT2D eigenvalue weighted by Crippen LogP contribution is -2.36. The van der Waals surface area contributed by atoms with Gasteiger partial charge in [0.15, 0.2) is 0 Å². The number of benzene rings is 1. The fourth-order valence-corrected chi connectivity index (χ4v) is 2.72. The number of β-amino-alcohol motifs (C(OH)–C–C–N with tert-alkyl or cyclic N) is 1. The summed E-state index contributed by atoms with van der Waals surface area (Å²) in [6.45, 7) is 1.99. The summed E-state index contributed by atoms with van der Waals surface area (Å²) >= 11 is 5.95. The molecule has 6 heteroatoms. The molecule has 2 aliphatic rings. The summed E-state index contributed by atoms with van der Waals surface area (Å²) in [7, 11) is 0. The van der Waals surface area contributed by atoms with Crippen molar-refractivity contribution in [2.75, 3.05) is 26.2 Å². The number of hydrogen-bond donors (Lipinski definition) is 3. The van der Waals surface area contributed by atoms with Crippen LogP contribution in [0.15, 0.2) is 23.8 Å². The number of nitrogens with one attached hydrogen (secondary N) is 2. The number of amides is 1. The van der Waals surface area contributed by atoms with Gasteiger partial charge < -0.3 is 20.5 Å². The molecule has 0 bridgehead atoms. The van der Waals surface area contributed by atoms with E-state index in [0.717, 1.165) is 17.9 Å². The van der Waals surface area contributed by atoms with Gasteiger partial charge in [-0.05, 0) is 24.3 Å². The molecular weight excluding hydrogens is 292 g/mol. The Balaban J connectivity index is 1.65. The molecule has 21 heavy (non-hydrogen) atoms. The van der Waals surface area contributed by atoms with Gasteiger partial charge in [-0.1, -0.05) is 11.6 Å². The Morgan fingerprint density at radius 3 is 3.10 bits per heavy atom. The van der Waals surface area contributed by atoms with Gasteiger partial charge in [0.05, 0.1) is 11.7 Å². The van der Waals surface area contributed by atoms with Crippen LogP contribution in [0, 0.1) is 5.92 Å². The van der Waals surface area contributed by atoms with Gasteiger partial charge in [0.1, 0.15) is 12.4 Å². The maximum Gasteiger partial charge on any atom is 0.250 e. The normalized spacial score (nSPS) is 24.0. The molecule has 1 amide bonds. The van der Waals surface area contributed by atoms with Crippen molar-refractivity contribution >= 4 is 23.6 Å². The van der Waals surface area contributed by atoms with E-state index in [2.05, 4.69) is 10.6 Å². The molecule has 1 fully saturated rings. The molecule has 2 atom stereocenters. The average Bonchev–Trinajstić information content (AvgIpc) is 2.89. The number of hydrogen-bond acceptors (Lipinski definition) is 4. The van der Waals surface area contributed by atoms with E-state index in [1.165, 1.54) is 0 Å². The Hall–Kier alpha value is -1.56. The standard InChI is InChI=1S/C15H17ClN2O3/c16-12-1-2-14-9(4-12)3-10(8-21-14)15(20)18-6-11-5-17-7-13(11)19/h1-4,11,13,17,19H,5-8H2,(H,18,20). The number of carbonyl (C=O) groups is 1. The van der Waals surface area contributed by atoms with Crippen molar-refractivity contribution in [3.8, 4) is 5.75 Å². The van der Waals surface area contributed by atoms with E-state index in [0.29, 0.717) is 23.7 Å². The van der Waals surface area contributed by atoms with Crippen molar-refractivity contribution in [3.05, 3.63) is 34.4 Å². The predicted octanol–water partition coefficient (Wildman–Crippen LogP) is 0.812. The Bertz CT molecular complexity index is 588. The quantitative estimate of drug-likeness (QED) is 0.773. The average molecular weight is 309 g/mol. The molecule has 2 heterocycles. The van der Waals surface area contributed by atoms with Crippen molar-refractivity contribution < 1.29 is 14.6 Å². The zero-order chi connectivity index (χ0) is 14.8. The van der Waals surface area contributed by atoms with E-state index in [-0.39, 0.29) is 18.4 Å². The van der Waals surface area contributed by atoms with Gasteiger partial charge >= 0.3 is 0 Å². The SMILES string of the molecule is O=C(NCC1CNCC1O)C1=Cc2cc(Cl)ccc2OC1. The largest absolute Gasteiger partial charge is 0.488 e. The minimum absolute atomic E-state index is 0.0563. The summed E-state index contributed by atoms with van der Waals surface area (Å²) in [6.07, 6.45) is 1.39. The van der Waals surface area contributed by atoms with Crippen LogP contribution in [0.5, 0.6) is 5.75 Å². The van der Waals surface area contributed by atoms with E-state index in [4.69, 9.17) is 16.3 Å². The highest BCUT2D eigenvalue weighted by Crippen LogP contribution is 2.28. The molecule has 0 aromatic heterocycles. The first kappa shape index (κ1) is 14.4. The number of aliphatic hydroxyl groups excluding tert-OH is 1. The smallest absolute Gasteiger partial charge is 0.250 e. The van der Waals surface area contributed by atoms with Gasteiger partial charge in [-0.3, -0.25) is 4.79 Å². The molecule has 0 spiro atoms. The highest BCUT2D eigenvalue weighted by molar-refractivity contribution is 6.30. The predicted molar refractivity (Wildman–Crippen MR) is 80.3 cm³/mol. The molecule has 0 radical (unpaired) electrons. The van der Waals surface area contributed by atoms with Gasteiger partial charge in [-0.2, -0.15) is 0 Å². The van der Waals surface area contributed by atoms with Gasteiger partial charge in [0, 0.05) is 36.1 Å². The summed E-state index contributed by atoms with van der Waals surface area (Å²) in [5, 5.41) is 16.3. The van der Waals surface area contributed by atoms with Crippen molar-refractivity contribution in [1.82, 2.24) is 10.6 Å². The van der Waals surface area contributed by atoms with E-state index in [9.17, 15) is 9.90 Å². The lowest BCUT2D eigenvalue weighted by Gasteiger charge is -2.19. The number of ether oxygens (including phenoxy) is 1. The molecule has 0 saturated carbocycles. The van der Waals surface area contributed by atoms with E-state index >= 15 is 0 Å². The highest BCUT2D eigenvalue weighted by Gasteiger charge is 2.26. The summed E-state index contributed by atoms with van der Waals surface area (Å²) < 4.78 is 5.56. The second-order valence-corrected chi connectivity index (χ2v) is 5.77. The Morgan fingerprint density at radius 1 is 1.48 bits per heavy atom. The number of halogens is 1. The van der Waals surface area contributed by atoms with E-state index < -0.39 is 6.10 Å². The van der Waals surface area contributed by atoms with Crippen LogP contribution in [0.25, 0.3) is 6.08 Å². The van der Waals surface area contributed by atoms with Gasteiger partial charge in [-0.25, -0.2) is 0 Å². The lowest BCUT2D eigenvalue weighted by molar-refractivity contribution is -0.118. The van der Waals surface area contributed by atoms with Crippen LogP contribution in [0.2, 0.25) is 5.02 Å². The van der Waals surface area contributed by atoms with Gasteiger partial charge in [0.2, 0.25) is 0 Å². The van der Waals surface area contributed by atoms with Crippen LogP contribution in [-0.4, -0.2) is 43.4 Å². The number of aliphatic hydroxyl groups is 1. The molecule has 3 rings (SSSR count). The maximum atomic E-state index is 12.2. The van der Waals surface area contributed by atoms with E-state index in [1.54, 1.807) is 24.3 Å². The Morgan fingerprint density at radius 2 is 2.33 bits per heavy atom. The molecular formula is C15H17ClN2O3. The summed E-state index contributed by atoms with van der Waals surface area (Å²) in [4.78, 5) is 12.2. The molecule has 2 unspecified atom stereocenters. The second-order valence-electron chi connectivity index (χ2n) is 5.34. The van der Waals surface area contributed by atoms with Crippen LogP contribution >= 0.6 is 11.6 Å². The van der Waals surface area contributed by atoms with Crippen LogP contribution in [0.4, 0.5) is 0 Å². The molecule has 0 aliphatic carbocycles. The second kappa shape index (κ2) is 6.05. The Kier molecular flexibility index (Phi) is 4.14. The lowest BCUT2D eigenvalue weighted by atomic mass is 10.1. The van der Waals surface area contributed by atoms with Crippen molar-refractivity contribution in [3.63, 3.8) is 0 Å². The number of fused-ring (bicyclic) bond motifs is 1. The summed E-state index contributed by atoms with van der Waals surface area (Å²) in [6, 6.07) is 5.32. The van der Waals surface area contributed by atoms with Crippen LogP contribution in [0.3, 0.4) is 0 Å². The van der Waals surface area contributed by atoms with Crippen LogP contribution in [0.1, 0.15) is 5.56 Å². The van der Waals surface area contributed by atoms with Crippen LogP contribution < -0.4 is 15.4 Å². The van der Waals surface area contributed by atoms with Crippen molar-refractivity contribution in [2.24, 2.45) is 5.92 Å². The highest BCUT2D eigenvalue weighted by atomic mass is 35.5. The third-order valence-corrected chi connectivity index (χ3v) is 4.04. The molecule has 1 saturated heterocycles. The number of rotatable bonds is 3. The molecule has 1 aromatic rings. The van der Waals surface area contributed by atoms with Crippen molar-refractivity contribution in [1.29, 1.82) is 0 Å². The van der Waals surface area contributed by atoms with E-state index in [1.807, 2.05) is 0 Å². The van der Waals surface area contributed by atoms with Crippen LogP contribution in [-0.2, 0) is 4.79 Å². The summed E-state index contributed by atoms with van der Waals surface area (Å²) in [5.74, 6) is 0.617. The van der Waals surface area contributed by atoms with Gasteiger partial charge in [0.25, 0.3) is 5.91 Å². The minimum atomic E-state index is -0.401. The first-order valence-corrected chi connectivity index (χ1v) is 7.31. The fraction of sp³-hybridized carbons (Fsp3) is 0.400. The zero-order valence-electron chi connectivity index (χ0n) is 11.4. The topological polar surface area (TPSA) is 70.6 Å². The monoisotopic (exact) mass is 308 g/mol. The third-order valence-electron chi connectivity index (χ3n) is 3.81. The zero-order valence-corrected chi connectivity index (χ0v) is 12.2. The molecule has 112 valence electrons. The maximum absolute atomic E-state index is 12.2. The number of carbonyl (C=O) groups excluding carboxylic acids is 1. The molecule has 1 aromatic carbocycles. The minimum Gasteiger partial charge on any atom is -0.488 e. The Labute approximate surface area is 127 Å². The summed E-state index contributed by atoms with van der Waals surface area (Å²) in [5.41, 5.74) is 1.37. The molecule has 3 N–H and O–H groups in total. The van der Waals surface area contributed by atoms with Gasteiger partial charge in [-0.15, -0.1) is 0 Å². The fourth-order valence-electron chi connectivity index (χ4n) is 2.54. The first-order chi connectivity index (χ1) is 10.1. The molecule has 5 nitrogen and oxygen atoms in total. The first-order valence-electron chi connectivity index (χ1n) is 6.93. The van der Waals surface area contributed by atoms with Crippen molar-refractivity contribution in [2.45, 2.75) is 6.10 Å².